The maximum atomic E-state index is 5.55. The highest BCUT2D eigenvalue weighted by molar-refractivity contribution is 5.79. The molecule has 0 bridgehead atoms. The summed E-state index contributed by atoms with van der Waals surface area (Å²) in [5.41, 5.74) is 2.30. The molecule has 0 saturated heterocycles. The minimum absolute atomic E-state index is 0.513. The molecular formula is C18H26N4O. The predicted octanol–water partition coefficient (Wildman–Crippen LogP) is 3.15. The zero-order valence-corrected chi connectivity index (χ0v) is 14.4. The second-order valence-electron chi connectivity index (χ2n) is 5.70. The van der Waals surface area contributed by atoms with Crippen molar-refractivity contribution in [1.29, 1.82) is 0 Å². The SMILES string of the molecule is CN=C(NCCC(C)c1ccccc1)NCc1nc(C)c(C)o1. The molecule has 5 nitrogen and oxygen atoms in total. The van der Waals surface area contributed by atoms with Crippen LogP contribution in [0.5, 0.6) is 0 Å². The molecule has 124 valence electrons. The number of oxazole rings is 1. The van der Waals surface area contributed by atoms with Crippen molar-refractivity contribution in [3.8, 4) is 0 Å². The van der Waals surface area contributed by atoms with Gasteiger partial charge in [0.15, 0.2) is 5.96 Å². The standard InChI is InChI=1S/C18H26N4O/c1-13(16-8-6-5-7-9-16)10-11-20-18(19-4)21-12-17-22-14(2)15(3)23-17/h5-9,13H,10-12H2,1-4H3,(H2,19,20,21). The normalized spacial score (nSPS) is 13.0. The Bertz CT molecular complexity index is 614. The van der Waals surface area contributed by atoms with E-state index in [1.165, 1.54) is 5.56 Å². The number of hydrogen-bond donors (Lipinski definition) is 2. The fourth-order valence-corrected chi connectivity index (χ4v) is 2.35. The quantitative estimate of drug-likeness (QED) is 0.635. The van der Waals surface area contributed by atoms with Crippen LogP contribution in [-0.2, 0) is 6.54 Å². The number of rotatable bonds is 6. The van der Waals surface area contributed by atoms with Crippen molar-refractivity contribution < 1.29 is 4.42 Å². The van der Waals surface area contributed by atoms with Gasteiger partial charge in [0.05, 0.1) is 12.2 Å². The van der Waals surface area contributed by atoms with Crippen molar-refractivity contribution in [3.05, 3.63) is 53.2 Å². The van der Waals surface area contributed by atoms with Crippen molar-refractivity contribution in [2.75, 3.05) is 13.6 Å². The van der Waals surface area contributed by atoms with E-state index in [4.69, 9.17) is 4.42 Å². The summed E-state index contributed by atoms with van der Waals surface area (Å²) in [5, 5.41) is 6.55. The first kappa shape index (κ1) is 17.1. The number of nitrogens with one attached hydrogen (secondary N) is 2. The topological polar surface area (TPSA) is 62.5 Å². The van der Waals surface area contributed by atoms with E-state index in [0.717, 1.165) is 30.4 Å². The molecule has 0 spiro atoms. The molecule has 1 unspecified atom stereocenters. The van der Waals surface area contributed by atoms with Crippen molar-refractivity contribution in [1.82, 2.24) is 15.6 Å². The van der Waals surface area contributed by atoms with E-state index in [-0.39, 0.29) is 0 Å². The van der Waals surface area contributed by atoms with E-state index in [1.807, 2.05) is 19.9 Å². The summed E-state index contributed by atoms with van der Waals surface area (Å²) in [6.45, 7) is 7.50. The van der Waals surface area contributed by atoms with Crippen LogP contribution in [0.4, 0.5) is 0 Å². The minimum Gasteiger partial charge on any atom is -0.444 e. The van der Waals surface area contributed by atoms with E-state index in [2.05, 4.69) is 51.8 Å². The number of aryl methyl sites for hydroxylation is 2. The Morgan fingerprint density at radius 1 is 1.22 bits per heavy atom. The van der Waals surface area contributed by atoms with Gasteiger partial charge in [-0.25, -0.2) is 4.98 Å². The summed E-state index contributed by atoms with van der Waals surface area (Å²) in [6, 6.07) is 10.6. The molecule has 2 aromatic rings. The lowest BCUT2D eigenvalue weighted by Gasteiger charge is -2.14. The summed E-state index contributed by atoms with van der Waals surface area (Å²) in [6.07, 6.45) is 1.04. The zero-order chi connectivity index (χ0) is 16.7. The molecule has 1 aromatic carbocycles. The third-order valence-corrected chi connectivity index (χ3v) is 3.94. The lowest BCUT2D eigenvalue weighted by Crippen LogP contribution is -2.37. The molecule has 1 heterocycles. The van der Waals surface area contributed by atoms with Crippen LogP contribution in [0.3, 0.4) is 0 Å². The Morgan fingerprint density at radius 3 is 2.57 bits per heavy atom. The highest BCUT2D eigenvalue weighted by atomic mass is 16.4. The maximum Gasteiger partial charge on any atom is 0.214 e. The van der Waals surface area contributed by atoms with E-state index in [0.29, 0.717) is 18.4 Å². The number of nitrogens with zero attached hydrogens (tertiary/aromatic N) is 2. The van der Waals surface area contributed by atoms with Gasteiger partial charge >= 0.3 is 0 Å². The maximum absolute atomic E-state index is 5.55. The molecule has 0 aliphatic carbocycles. The van der Waals surface area contributed by atoms with Gasteiger partial charge in [0.1, 0.15) is 5.76 Å². The van der Waals surface area contributed by atoms with Crippen LogP contribution in [0.25, 0.3) is 0 Å². The molecule has 2 rings (SSSR count). The van der Waals surface area contributed by atoms with Crippen molar-refractivity contribution in [2.24, 2.45) is 4.99 Å². The molecule has 0 aliphatic heterocycles. The average molecular weight is 314 g/mol. The Hall–Kier alpha value is -2.30. The molecule has 23 heavy (non-hydrogen) atoms. The monoisotopic (exact) mass is 314 g/mol. The average Bonchev–Trinajstić information content (AvgIpc) is 2.89. The van der Waals surface area contributed by atoms with Gasteiger partial charge in [0, 0.05) is 13.6 Å². The smallest absolute Gasteiger partial charge is 0.214 e. The number of benzene rings is 1. The Kier molecular flexibility index (Phi) is 6.20. The van der Waals surface area contributed by atoms with E-state index < -0.39 is 0 Å². The summed E-state index contributed by atoms with van der Waals surface area (Å²) < 4.78 is 5.55. The molecule has 2 N–H and O–H groups in total. The Morgan fingerprint density at radius 2 is 1.96 bits per heavy atom. The third-order valence-electron chi connectivity index (χ3n) is 3.94. The van der Waals surface area contributed by atoms with Crippen LogP contribution in [0.2, 0.25) is 0 Å². The zero-order valence-electron chi connectivity index (χ0n) is 14.4. The number of guanidine groups is 1. The first-order valence-electron chi connectivity index (χ1n) is 8.02. The molecule has 0 fully saturated rings. The minimum atomic E-state index is 0.513. The Balaban J connectivity index is 1.75. The van der Waals surface area contributed by atoms with Crippen molar-refractivity contribution in [2.45, 2.75) is 39.7 Å². The lowest BCUT2D eigenvalue weighted by molar-refractivity contribution is 0.463. The first-order chi connectivity index (χ1) is 11.1. The number of aliphatic imine (C=N–C) groups is 1. The molecule has 0 aliphatic rings. The second kappa shape index (κ2) is 8.36. The van der Waals surface area contributed by atoms with Gasteiger partial charge in [0.25, 0.3) is 0 Å². The summed E-state index contributed by atoms with van der Waals surface area (Å²) in [7, 11) is 1.77. The van der Waals surface area contributed by atoms with Gasteiger partial charge in [-0.3, -0.25) is 4.99 Å². The molecular weight excluding hydrogens is 288 g/mol. The van der Waals surface area contributed by atoms with Crippen LogP contribution >= 0.6 is 0 Å². The molecule has 5 heteroatoms. The fourth-order valence-electron chi connectivity index (χ4n) is 2.35. The second-order valence-corrected chi connectivity index (χ2v) is 5.70. The Labute approximate surface area is 138 Å². The van der Waals surface area contributed by atoms with Crippen LogP contribution in [0.1, 0.15) is 42.2 Å². The van der Waals surface area contributed by atoms with Gasteiger partial charge in [-0.2, -0.15) is 0 Å². The van der Waals surface area contributed by atoms with E-state index in [1.54, 1.807) is 7.05 Å². The van der Waals surface area contributed by atoms with Gasteiger partial charge in [-0.1, -0.05) is 37.3 Å². The number of hydrogen-bond acceptors (Lipinski definition) is 3. The molecule has 1 aromatic heterocycles. The number of aromatic nitrogens is 1. The van der Waals surface area contributed by atoms with Crippen molar-refractivity contribution >= 4 is 5.96 Å². The van der Waals surface area contributed by atoms with Crippen molar-refractivity contribution in [3.63, 3.8) is 0 Å². The molecule has 0 amide bonds. The fraction of sp³-hybridized carbons (Fsp3) is 0.444. The van der Waals surface area contributed by atoms with Crippen LogP contribution in [0.15, 0.2) is 39.7 Å². The summed E-state index contributed by atoms with van der Waals surface area (Å²) in [4.78, 5) is 8.58. The van der Waals surface area contributed by atoms with Crippen LogP contribution in [0, 0.1) is 13.8 Å². The van der Waals surface area contributed by atoms with Crippen LogP contribution in [-0.4, -0.2) is 24.5 Å². The van der Waals surface area contributed by atoms with Crippen LogP contribution < -0.4 is 10.6 Å². The highest BCUT2D eigenvalue weighted by Gasteiger charge is 2.07. The first-order valence-corrected chi connectivity index (χ1v) is 8.02. The molecule has 1 atom stereocenters. The molecule has 0 radical (unpaired) electrons. The largest absolute Gasteiger partial charge is 0.444 e. The molecule has 0 saturated carbocycles. The van der Waals surface area contributed by atoms with Gasteiger partial charge in [-0.15, -0.1) is 0 Å². The lowest BCUT2D eigenvalue weighted by atomic mass is 9.98. The predicted molar refractivity (Wildman–Crippen MR) is 93.7 cm³/mol. The summed E-state index contributed by atoms with van der Waals surface area (Å²) >= 11 is 0. The highest BCUT2D eigenvalue weighted by Crippen LogP contribution is 2.17. The van der Waals surface area contributed by atoms with E-state index in [9.17, 15) is 0 Å². The van der Waals surface area contributed by atoms with E-state index >= 15 is 0 Å². The third kappa shape index (κ3) is 5.13. The summed E-state index contributed by atoms with van der Waals surface area (Å²) in [5.74, 6) is 2.82. The van der Waals surface area contributed by atoms with Gasteiger partial charge in [-0.05, 0) is 31.7 Å². The van der Waals surface area contributed by atoms with Gasteiger partial charge in [0.2, 0.25) is 5.89 Å². The van der Waals surface area contributed by atoms with Gasteiger partial charge < -0.3 is 15.1 Å².